The molecule has 1 aliphatic heterocycles. The quantitative estimate of drug-likeness (QED) is 0.833. The number of thiazole rings is 1. The van der Waals surface area contributed by atoms with Gasteiger partial charge in [-0.3, -0.25) is 0 Å². The molecule has 0 radical (unpaired) electrons. The maximum Gasteiger partial charge on any atom is 0.0907 e. The first-order valence-electron chi connectivity index (χ1n) is 7.96. The molecule has 2 aromatic rings. The number of fused-ring (bicyclic) bond motifs is 1. The highest BCUT2D eigenvalue weighted by molar-refractivity contribution is 7.18. The number of hydrogen-bond acceptors (Lipinski definition) is 4. The highest BCUT2D eigenvalue weighted by Crippen LogP contribution is 2.34. The van der Waals surface area contributed by atoms with Crippen LogP contribution in [0.15, 0.2) is 12.1 Å². The Labute approximate surface area is 131 Å². The fourth-order valence-corrected chi connectivity index (χ4v) is 4.25. The van der Waals surface area contributed by atoms with E-state index in [2.05, 4.69) is 42.8 Å². The molecule has 1 atom stereocenters. The summed E-state index contributed by atoms with van der Waals surface area (Å²) in [4.78, 5) is 7.08. The number of hydrogen-bond donors (Lipinski definition) is 1. The second-order valence-electron chi connectivity index (χ2n) is 6.53. The van der Waals surface area contributed by atoms with Crippen molar-refractivity contribution in [2.75, 3.05) is 23.7 Å². The average Bonchev–Trinajstić information content (AvgIpc) is 2.63. The second kappa shape index (κ2) is 5.84. The number of nitrogens with two attached hydrogens (primary N) is 1. The minimum Gasteiger partial charge on any atom is -0.397 e. The van der Waals surface area contributed by atoms with Crippen molar-refractivity contribution in [1.82, 2.24) is 4.98 Å². The second-order valence-corrected chi connectivity index (χ2v) is 7.77. The fraction of sp³-hybridized carbons (Fsp3) is 0.588. The number of benzene rings is 1. The first kappa shape index (κ1) is 14.6. The summed E-state index contributed by atoms with van der Waals surface area (Å²) in [7, 11) is 0. The molecule has 4 heteroatoms. The number of anilines is 2. The standard InChI is InChI=1S/C17H25N3S/c1-11(2)13-5-4-7-20(8-6-13)16-10-15-17(9-14(16)18)21-12(3)19-15/h9-11,13H,4-8,18H2,1-3H3. The van der Waals surface area contributed by atoms with Gasteiger partial charge in [0, 0.05) is 13.1 Å². The molecule has 0 saturated carbocycles. The van der Waals surface area contributed by atoms with E-state index in [1.807, 2.05) is 0 Å². The van der Waals surface area contributed by atoms with Crippen LogP contribution in [0.5, 0.6) is 0 Å². The van der Waals surface area contributed by atoms with Crippen molar-refractivity contribution in [1.29, 1.82) is 0 Å². The molecule has 21 heavy (non-hydrogen) atoms. The lowest BCUT2D eigenvalue weighted by atomic mass is 9.89. The van der Waals surface area contributed by atoms with Crippen LogP contribution in [-0.4, -0.2) is 18.1 Å². The summed E-state index contributed by atoms with van der Waals surface area (Å²) >= 11 is 1.72. The van der Waals surface area contributed by atoms with Crippen molar-refractivity contribution >= 4 is 32.9 Å². The van der Waals surface area contributed by atoms with Crippen LogP contribution in [0.1, 0.15) is 38.1 Å². The van der Waals surface area contributed by atoms with Gasteiger partial charge in [-0.05, 0) is 50.2 Å². The van der Waals surface area contributed by atoms with Crippen molar-refractivity contribution < 1.29 is 0 Å². The summed E-state index contributed by atoms with van der Waals surface area (Å²) in [6, 6.07) is 4.28. The first-order chi connectivity index (χ1) is 10.0. The molecule has 0 amide bonds. The van der Waals surface area contributed by atoms with Gasteiger partial charge in [0.25, 0.3) is 0 Å². The van der Waals surface area contributed by atoms with Gasteiger partial charge in [0.15, 0.2) is 0 Å². The zero-order valence-electron chi connectivity index (χ0n) is 13.2. The summed E-state index contributed by atoms with van der Waals surface area (Å²) in [5.41, 5.74) is 9.47. The van der Waals surface area contributed by atoms with Crippen molar-refractivity contribution in [3.63, 3.8) is 0 Å². The van der Waals surface area contributed by atoms with E-state index < -0.39 is 0 Å². The summed E-state index contributed by atoms with van der Waals surface area (Å²) in [5.74, 6) is 1.63. The van der Waals surface area contributed by atoms with Gasteiger partial charge >= 0.3 is 0 Å². The Bertz CT molecular complexity index is 632. The molecule has 1 unspecified atom stereocenters. The lowest BCUT2D eigenvalue weighted by Crippen LogP contribution is -2.25. The third-order valence-corrected chi connectivity index (χ3v) is 5.63. The SMILES string of the molecule is Cc1nc2cc(N3CCCC(C(C)C)CC3)c(N)cc2s1. The lowest BCUT2D eigenvalue weighted by Gasteiger charge is -2.25. The molecule has 1 fully saturated rings. The fourth-order valence-electron chi connectivity index (χ4n) is 3.40. The van der Waals surface area contributed by atoms with Crippen molar-refractivity contribution in [3.05, 3.63) is 17.1 Å². The predicted octanol–water partition coefficient (Wildman–Crippen LogP) is 4.45. The molecule has 114 valence electrons. The molecular formula is C17H25N3S. The Kier molecular flexibility index (Phi) is 4.07. The molecule has 0 spiro atoms. The zero-order chi connectivity index (χ0) is 15.0. The average molecular weight is 303 g/mol. The molecule has 3 rings (SSSR count). The third kappa shape index (κ3) is 3.00. The maximum atomic E-state index is 6.31. The van der Waals surface area contributed by atoms with E-state index in [0.717, 1.165) is 41.1 Å². The Balaban J connectivity index is 1.87. The molecule has 3 nitrogen and oxygen atoms in total. The number of aryl methyl sites for hydroxylation is 1. The van der Waals surface area contributed by atoms with Crippen molar-refractivity contribution in [2.24, 2.45) is 11.8 Å². The van der Waals surface area contributed by atoms with Crippen LogP contribution < -0.4 is 10.6 Å². The first-order valence-corrected chi connectivity index (χ1v) is 8.78. The van der Waals surface area contributed by atoms with E-state index in [-0.39, 0.29) is 0 Å². The van der Waals surface area contributed by atoms with Gasteiger partial charge in [-0.2, -0.15) is 0 Å². The van der Waals surface area contributed by atoms with Crippen molar-refractivity contribution in [3.8, 4) is 0 Å². The molecule has 1 saturated heterocycles. The minimum atomic E-state index is 0.783. The van der Waals surface area contributed by atoms with Gasteiger partial charge in [0.2, 0.25) is 0 Å². The molecule has 1 aromatic carbocycles. The zero-order valence-corrected chi connectivity index (χ0v) is 14.0. The molecule has 1 aromatic heterocycles. The Morgan fingerprint density at radius 3 is 2.86 bits per heavy atom. The molecule has 1 aliphatic rings. The van der Waals surface area contributed by atoms with Gasteiger partial charge in [-0.1, -0.05) is 13.8 Å². The largest absolute Gasteiger partial charge is 0.397 e. The van der Waals surface area contributed by atoms with E-state index in [1.165, 1.54) is 29.6 Å². The molecular weight excluding hydrogens is 278 g/mol. The minimum absolute atomic E-state index is 0.783. The van der Waals surface area contributed by atoms with Crippen LogP contribution in [0.2, 0.25) is 0 Å². The van der Waals surface area contributed by atoms with Crippen LogP contribution in [-0.2, 0) is 0 Å². The van der Waals surface area contributed by atoms with Gasteiger partial charge < -0.3 is 10.6 Å². The van der Waals surface area contributed by atoms with Crippen LogP contribution in [0.4, 0.5) is 11.4 Å². The number of nitrogens with zero attached hydrogens (tertiary/aromatic N) is 2. The van der Waals surface area contributed by atoms with Crippen LogP contribution in [0.3, 0.4) is 0 Å². The van der Waals surface area contributed by atoms with Crippen LogP contribution in [0, 0.1) is 18.8 Å². The van der Waals surface area contributed by atoms with E-state index in [1.54, 1.807) is 11.3 Å². The lowest BCUT2D eigenvalue weighted by molar-refractivity contribution is 0.351. The Morgan fingerprint density at radius 2 is 2.10 bits per heavy atom. The molecule has 0 aliphatic carbocycles. The van der Waals surface area contributed by atoms with E-state index in [9.17, 15) is 0 Å². The number of aromatic nitrogens is 1. The van der Waals surface area contributed by atoms with E-state index in [4.69, 9.17) is 5.73 Å². The number of nitrogen functional groups attached to an aromatic ring is 1. The summed E-state index contributed by atoms with van der Waals surface area (Å²) in [6.07, 6.45) is 3.87. The monoisotopic (exact) mass is 303 g/mol. The summed E-state index contributed by atoms with van der Waals surface area (Å²) in [5, 5.41) is 1.11. The maximum absolute atomic E-state index is 6.31. The van der Waals surface area contributed by atoms with Gasteiger partial charge in [-0.25, -0.2) is 4.98 Å². The highest BCUT2D eigenvalue weighted by atomic mass is 32.1. The Morgan fingerprint density at radius 1 is 1.29 bits per heavy atom. The highest BCUT2D eigenvalue weighted by Gasteiger charge is 2.21. The molecule has 2 N–H and O–H groups in total. The summed E-state index contributed by atoms with van der Waals surface area (Å²) in [6.45, 7) is 8.97. The molecule has 2 heterocycles. The van der Waals surface area contributed by atoms with Crippen LogP contribution in [0.25, 0.3) is 10.2 Å². The van der Waals surface area contributed by atoms with Crippen molar-refractivity contribution in [2.45, 2.75) is 40.0 Å². The Hall–Kier alpha value is -1.29. The smallest absolute Gasteiger partial charge is 0.0907 e. The van der Waals surface area contributed by atoms with Gasteiger partial charge in [0.05, 0.1) is 26.6 Å². The van der Waals surface area contributed by atoms with Gasteiger partial charge in [-0.15, -0.1) is 11.3 Å². The summed E-state index contributed by atoms with van der Waals surface area (Å²) < 4.78 is 1.20. The normalized spacial score (nSPS) is 20.2. The van der Waals surface area contributed by atoms with E-state index >= 15 is 0 Å². The van der Waals surface area contributed by atoms with Crippen LogP contribution >= 0.6 is 11.3 Å². The van der Waals surface area contributed by atoms with Gasteiger partial charge in [0.1, 0.15) is 0 Å². The number of rotatable bonds is 2. The van der Waals surface area contributed by atoms with E-state index in [0.29, 0.717) is 0 Å². The third-order valence-electron chi connectivity index (χ3n) is 4.70. The topological polar surface area (TPSA) is 42.2 Å². The predicted molar refractivity (Wildman–Crippen MR) is 93.2 cm³/mol. The molecule has 0 bridgehead atoms.